The summed E-state index contributed by atoms with van der Waals surface area (Å²) in [7, 11) is 0. The Morgan fingerprint density at radius 3 is 2.28 bits per heavy atom. The van der Waals surface area contributed by atoms with Crippen molar-refractivity contribution in [2.45, 2.75) is 126 Å². The molecule has 0 aromatic rings. The predicted molar refractivity (Wildman–Crippen MR) is 153 cm³/mol. The van der Waals surface area contributed by atoms with Crippen molar-refractivity contribution in [3.05, 3.63) is 11.6 Å². The summed E-state index contributed by atoms with van der Waals surface area (Å²) in [5.41, 5.74) is 1.46. The monoisotopic (exact) mass is 542 g/mol. The number of rotatable bonds is 4. The Morgan fingerprint density at radius 1 is 0.897 bits per heavy atom. The van der Waals surface area contributed by atoms with Gasteiger partial charge in [-0.1, -0.05) is 60.1 Å². The number of ether oxygens (including phenoxy) is 2. The number of hydrogen-bond donors (Lipinski definition) is 1. The number of hydrogen-bond acceptors (Lipinski definition) is 5. The maximum absolute atomic E-state index is 13.9. The molecule has 5 rings (SSSR count). The molecule has 5 heteroatoms. The maximum Gasteiger partial charge on any atom is 0.344 e. The van der Waals surface area contributed by atoms with E-state index < -0.39 is 11.4 Å². The first kappa shape index (κ1) is 29.1. The molecule has 0 radical (unpaired) electrons. The quantitative estimate of drug-likeness (QED) is 0.299. The van der Waals surface area contributed by atoms with Crippen LogP contribution in [0.25, 0.3) is 0 Å². The fourth-order valence-corrected chi connectivity index (χ4v) is 11.1. The van der Waals surface area contributed by atoms with E-state index in [2.05, 4.69) is 54.5 Å². The Bertz CT molecular complexity index is 1040. The van der Waals surface area contributed by atoms with Crippen LogP contribution in [0.5, 0.6) is 0 Å². The van der Waals surface area contributed by atoms with Gasteiger partial charge in [-0.2, -0.15) is 0 Å². The molecule has 0 saturated heterocycles. The summed E-state index contributed by atoms with van der Waals surface area (Å²) >= 11 is 0. The van der Waals surface area contributed by atoms with Gasteiger partial charge in [-0.05, 0) is 116 Å². The molecule has 0 spiro atoms. The molecule has 0 bridgehead atoms. The van der Waals surface area contributed by atoms with Gasteiger partial charge < -0.3 is 14.6 Å². The SMILES string of the molecule is CCOC(=O)COC(=O)[C@]12CCC(C)(C)C[C@H]1C1=CCC3[C@@]4(C)CC[C@H](O)C(C)(C)C4CC[C@@]3(C)[C@]1(C)CC2. The zero-order chi connectivity index (χ0) is 28.6. The number of aliphatic hydroxyl groups excluding tert-OH is 1. The van der Waals surface area contributed by atoms with E-state index in [1.165, 1.54) is 18.4 Å². The Labute approximate surface area is 236 Å². The van der Waals surface area contributed by atoms with Crippen LogP contribution in [0.1, 0.15) is 120 Å². The summed E-state index contributed by atoms with van der Waals surface area (Å²) in [5.74, 6) is 0.601. The Balaban J connectivity index is 1.52. The highest BCUT2D eigenvalue weighted by Crippen LogP contribution is 2.75. The van der Waals surface area contributed by atoms with Crippen molar-refractivity contribution in [2.24, 2.45) is 50.2 Å². The molecule has 4 saturated carbocycles. The third-order valence-electron chi connectivity index (χ3n) is 13.6. The van der Waals surface area contributed by atoms with Gasteiger partial charge in [0.25, 0.3) is 0 Å². The number of allylic oxidation sites excluding steroid dienone is 2. The second kappa shape index (κ2) is 9.33. The number of carbonyl (C=O) groups is 2. The maximum atomic E-state index is 13.9. The molecule has 39 heavy (non-hydrogen) atoms. The first-order chi connectivity index (χ1) is 18.1. The van der Waals surface area contributed by atoms with Crippen LogP contribution in [0.4, 0.5) is 0 Å². The number of aliphatic hydroxyl groups is 1. The molecule has 0 aliphatic heterocycles. The third kappa shape index (κ3) is 4.09. The van der Waals surface area contributed by atoms with Crippen LogP contribution in [0.2, 0.25) is 0 Å². The highest BCUT2D eigenvalue weighted by molar-refractivity contribution is 5.81. The highest BCUT2D eigenvalue weighted by Gasteiger charge is 2.69. The zero-order valence-electron chi connectivity index (χ0n) is 26.0. The second-order valence-electron chi connectivity index (χ2n) is 16.1. The molecular formula is C34H54O5. The van der Waals surface area contributed by atoms with Crippen LogP contribution in [-0.2, 0) is 19.1 Å². The van der Waals surface area contributed by atoms with Crippen molar-refractivity contribution in [1.82, 2.24) is 0 Å². The van der Waals surface area contributed by atoms with E-state index in [-0.39, 0.29) is 51.7 Å². The van der Waals surface area contributed by atoms with E-state index in [1.807, 2.05) is 0 Å². The summed E-state index contributed by atoms with van der Waals surface area (Å²) < 4.78 is 10.8. The molecule has 5 nitrogen and oxygen atoms in total. The van der Waals surface area contributed by atoms with Crippen molar-refractivity contribution in [1.29, 1.82) is 0 Å². The first-order valence-corrected chi connectivity index (χ1v) is 15.8. The Hall–Kier alpha value is -1.36. The molecular weight excluding hydrogens is 488 g/mol. The van der Waals surface area contributed by atoms with Gasteiger partial charge in [-0.25, -0.2) is 4.79 Å². The summed E-state index contributed by atoms with van der Waals surface area (Å²) in [4.78, 5) is 25.9. The van der Waals surface area contributed by atoms with Gasteiger partial charge in [0.05, 0.1) is 18.1 Å². The van der Waals surface area contributed by atoms with Gasteiger partial charge in [0.2, 0.25) is 0 Å². The average molecular weight is 543 g/mol. The van der Waals surface area contributed by atoms with E-state index in [9.17, 15) is 14.7 Å². The van der Waals surface area contributed by atoms with Crippen LogP contribution in [0.3, 0.4) is 0 Å². The lowest BCUT2D eigenvalue weighted by Gasteiger charge is -2.71. The molecule has 8 atom stereocenters. The van der Waals surface area contributed by atoms with E-state index in [0.717, 1.165) is 51.4 Å². The van der Waals surface area contributed by atoms with Crippen molar-refractivity contribution in [3.63, 3.8) is 0 Å². The Morgan fingerprint density at radius 2 is 1.59 bits per heavy atom. The molecule has 1 N–H and O–H groups in total. The molecule has 2 unspecified atom stereocenters. The summed E-state index contributed by atoms with van der Waals surface area (Å²) in [6.07, 6.45) is 12.4. The van der Waals surface area contributed by atoms with Crippen molar-refractivity contribution in [2.75, 3.05) is 13.2 Å². The molecule has 5 aliphatic rings. The molecule has 0 amide bonds. The summed E-state index contributed by atoms with van der Waals surface area (Å²) in [6.45, 7) is 18.7. The average Bonchev–Trinajstić information content (AvgIpc) is 2.85. The number of carbonyl (C=O) groups excluding carboxylic acids is 2. The molecule has 220 valence electrons. The van der Waals surface area contributed by atoms with Crippen LogP contribution < -0.4 is 0 Å². The van der Waals surface area contributed by atoms with E-state index in [0.29, 0.717) is 18.4 Å². The smallest absolute Gasteiger partial charge is 0.344 e. The van der Waals surface area contributed by atoms with Crippen LogP contribution in [0.15, 0.2) is 11.6 Å². The second-order valence-corrected chi connectivity index (χ2v) is 16.1. The molecule has 0 heterocycles. The van der Waals surface area contributed by atoms with Crippen LogP contribution in [0, 0.1) is 50.2 Å². The van der Waals surface area contributed by atoms with Gasteiger partial charge >= 0.3 is 11.9 Å². The normalized spacial score (nSPS) is 45.9. The fourth-order valence-electron chi connectivity index (χ4n) is 11.1. The van der Waals surface area contributed by atoms with E-state index in [4.69, 9.17) is 9.47 Å². The van der Waals surface area contributed by atoms with Gasteiger partial charge in [-0.15, -0.1) is 0 Å². The molecule has 0 aromatic carbocycles. The van der Waals surface area contributed by atoms with Gasteiger partial charge in [0.15, 0.2) is 6.61 Å². The van der Waals surface area contributed by atoms with E-state index >= 15 is 0 Å². The van der Waals surface area contributed by atoms with Crippen molar-refractivity contribution >= 4 is 11.9 Å². The zero-order valence-corrected chi connectivity index (χ0v) is 26.0. The standard InChI is InChI=1S/C34H54O5/c1-9-38-27(36)21-39-28(37)34-18-16-29(2,3)20-23(34)22-10-11-25-31(6)14-13-26(35)30(4,5)24(31)12-15-33(25,8)32(22,7)17-19-34/h10,23-26,35H,9,11-21H2,1-8H3/t23-,24?,25?,26-,31-,32+,33+,34-/m0/s1. The lowest BCUT2D eigenvalue weighted by Crippen LogP contribution is -2.65. The summed E-state index contributed by atoms with van der Waals surface area (Å²) in [6, 6.07) is 0. The third-order valence-corrected chi connectivity index (χ3v) is 13.6. The fraction of sp³-hybridized carbons (Fsp3) is 0.882. The van der Waals surface area contributed by atoms with Gasteiger partial charge in [0, 0.05) is 0 Å². The lowest BCUT2D eigenvalue weighted by molar-refractivity contribution is -0.206. The highest BCUT2D eigenvalue weighted by atomic mass is 16.6. The first-order valence-electron chi connectivity index (χ1n) is 15.8. The van der Waals surface area contributed by atoms with Crippen molar-refractivity contribution in [3.8, 4) is 0 Å². The Kier molecular flexibility index (Phi) is 6.97. The molecule has 5 aliphatic carbocycles. The number of fused-ring (bicyclic) bond motifs is 7. The predicted octanol–water partition coefficient (Wildman–Crippen LogP) is 7.26. The molecule has 4 fully saturated rings. The largest absolute Gasteiger partial charge is 0.463 e. The van der Waals surface area contributed by atoms with Crippen molar-refractivity contribution < 1.29 is 24.2 Å². The minimum atomic E-state index is -0.547. The topological polar surface area (TPSA) is 72.8 Å². The minimum Gasteiger partial charge on any atom is -0.463 e. The summed E-state index contributed by atoms with van der Waals surface area (Å²) in [5, 5.41) is 11.0. The van der Waals surface area contributed by atoms with Crippen LogP contribution >= 0.6 is 0 Å². The van der Waals surface area contributed by atoms with Gasteiger partial charge in [-0.3, -0.25) is 4.79 Å². The minimum absolute atomic E-state index is 0.0348. The lowest BCUT2D eigenvalue weighted by atomic mass is 9.33. The molecule has 0 aromatic heterocycles. The van der Waals surface area contributed by atoms with E-state index in [1.54, 1.807) is 6.92 Å². The van der Waals surface area contributed by atoms with Crippen LogP contribution in [-0.4, -0.2) is 36.4 Å². The van der Waals surface area contributed by atoms with Gasteiger partial charge in [0.1, 0.15) is 0 Å². The number of esters is 2.